The molecule has 7 aromatic rings. The van der Waals surface area contributed by atoms with Crippen molar-refractivity contribution >= 4 is 31.1 Å². The van der Waals surface area contributed by atoms with Gasteiger partial charge in [-0.25, -0.2) is 60.7 Å². The van der Waals surface area contributed by atoms with Crippen molar-refractivity contribution in [3.05, 3.63) is 204 Å². The predicted molar refractivity (Wildman–Crippen MR) is 205 cm³/mol. The van der Waals surface area contributed by atoms with E-state index in [1.54, 1.807) is 0 Å². The summed E-state index contributed by atoms with van der Waals surface area (Å²) in [6.45, 7) is 2.19. The molecule has 0 aromatic heterocycles. The highest BCUT2D eigenvalue weighted by molar-refractivity contribution is 7.97. The molecule has 64 heavy (non-hydrogen) atoms. The minimum atomic E-state index is -5.77. The molecule has 0 saturated carbocycles. The molecule has 21 heteroatoms. The van der Waals surface area contributed by atoms with Crippen molar-refractivity contribution in [3.63, 3.8) is 0 Å². The van der Waals surface area contributed by atoms with E-state index in [0.717, 1.165) is 11.5 Å². The van der Waals surface area contributed by atoms with Gasteiger partial charge >= 0.3 is 21.2 Å². The molecule has 0 bridgehead atoms. The van der Waals surface area contributed by atoms with Crippen molar-refractivity contribution in [2.75, 3.05) is 0 Å². The molecular weight excluding hydrogens is 1040 g/mol. The predicted octanol–water partition coefficient (Wildman–Crippen LogP) is 7.58. The summed E-state index contributed by atoms with van der Waals surface area (Å²) >= 11 is -0.178. The van der Waals surface area contributed by atoms with Gasteiger partial charge < -0.3 is 13.8 Å². The first-order valence-corrected chi connectivity index (χ1v) is 23.7. The maximum atomic E-state index is 12.6. The van der Waals surface area contributed by atoms with Crippen LogP contribution in [0, 0.1) is 72.2 Å². The Hall–Kier alpha value is -5.46. The summed E-state index contributed by atoms with van der Waals surface area (Å²) in [5.41, 5.74) is 1.38. The Balaban J connectivity index is 0.000000213. The lowest BCUT2D eigenvalue weighted by atomic mass is 10.2. The second kappa shape index (κ2) is 21.0. The fraction of sp³-hybridized carbons (Fsp3) is 0.0233. The third kappa shape index (κ3) is 11.8. The van der Waals surface area contributed by atoms with Crippen LogP contribution in [0.15, 0.2) is 158 Å². The van der Waals surface area contributed by atoms with E-state index in [1.807, 2.05) is 0 Å². The number of hydrogen-bond donors (Lipinski definition) is 0. The first kappa shape index (κ1) is 49.6. The van der Waals surface area contributed by atoms with Gasteiger partial charge in [-0.2, -0.15) is 0 Å². The van der Waals surface area contributed by atoms with Crippen LogP contribution in [-0.4, -0.2) is 25.9 Å². The number of benzene rings is 7. The fourth-order valence-electron chi connectivity index (χ4n) is 5.25. The third-order valence-electron chi connectivity index (χ3n) is 8.19. The first-order valence-electron chi connectivity index (χ1n) is 17.5. The van der Waals surface area contributed by atoms with E-state index in [0.29, 0.717) is 0 Å². The molecule has 0 spiro atoms. The van der Waals surface area contributed by atoms with Gasteiger partial charge in [0.05, 0.1) is 10.9 Å². The fourth-order valence-corrected chi connectivity index (χ4v) is 11.0. The van der Waals surface area contributed by atoms with Crippen LogP contribution < -0.4 is 25.9 Å². The number of ether oxygens (including phenoxy) is 1. The normalized spacial score (nSPS) is 11.3. The molecule has 0 saturated heterocycles. The van der Waals surface area contributed by atoms with Crippen LogP contribution in [-0.2, 0) is 31.1 Å². The molecule has 0 aliphatic heterocycles. The average molecular weight is 1070 g/mol. The highest BCUT2D eigenvalue weighted by Gasteiger charge is 2.31. The molecule has 0 heterocycles. The zero-order chi connectivity index (χ0) is 47.1. The molecule has 0 aliphatic rings. The van der Waals surface area contributed by atoms with E-state index < -0.39 is 88.2 Å². The van der Waals surface area contributed by atoms with Gasteiger partial charge in [0.25, 0.3) is 0 Å². The van der Waals surface area contributed by atoms with Crippen LogP contribution in [0.1, 0.15) is 5.56 Å². The Kier molecular flexibility index (Phi) is 16.3. The van der Waals surface area contributed by atoms with Crippen LogP contribution in [0.5, 0.6) is 11.5 Å². The zero-order valence-corrected chi connectivity index (χ0v) is 36.5. The maximum absolute atomic E-state index is 12.6. The van der Waals surface area contributed by atoms with Gasteiger partial charge in [0.2, 0.25) is 11.6 Å². The lowest BCUT2D eigenvalue weighted by Gasteiger charge is -2.10. The zero-order valence-electron chi connectivity index (χ0n) is 31.9. The molecule has 0 radical (unpaired) electrons. The Bertz CT molecular complexity index is 2810. The SMILES string of the molecule is Cc1ccccc1[I+]c1ccc(Oc2ccc([S+](c3ccccc3)c3ccccc3)cc2)cc1.O=S(=O)([O-])c1c(F)c(F)c(F)c(F)c1F.O=S(=O)([O-])c1c(F)c(F)c(F)c(F)c1F. The summed E-state index contributed by atoms with van der Waals surface area (Å²) in [6, 6.07) is 47.2. The summed E-state index contributed by atoms with van der Waals surface area (Å²) in [4.78, 5) is -0.842. The van der Waals surface area contributed by atoms with Gasteiger partial charge in [0.1, 0.15) is 41.5 Å². The highest BCUT2D eigenvalue weighted by atomic mass is 127. The molecule has 7 rings (SSSR count). The molecule has 334 valence electrons. The summed E-state index contributed by atoms with van der Waals surface area (Å²) in [6.07, 6.45) is 0. The van der Waals surface area contributed by atoms with Crippen LogP contribution in [0.2, 0.25) is 0 Å². The number of hydrogen-bond acceptors (Lipinski definition) is 7. The van der Waals surface area contributed by atoms with Crippen LogP contribution >= 0.6 is 0 Å². The molecule has 0 unspecified atom stereocenters. The lowest BCUT2D eigenvalue weighted by molar-refractivity contribution is -0.598. The minimum Gasteiger partial charge on any atom is -0.744 e. The first-order chi connectivity index (χ1) is 30.1. The Morgan fingerprint density at radius 1 is 0.422 bits per heavy atom. The molecule has 0 atom stereocenters. The van der Waals surface area contributed by atoms with Crippen LogP contribution in [0.25, 0.3) is 0 Å². The van der Waals surface area contributed by atoms with Crippen molar-refractivity contribution in [1.82, 2.24) is 0 Å². The smallest absolute Gasteiger partial charge is 0.358 e. The summed E-state index contributed by atoms with van der Waals surface area (Å²) < 4.78 is 195. The van der Waals surface area contributed by atoms with Crippen molar-refractivity contribution in [2.24, 2.45) is 0 Å². The quantitative estimate of drug-likeness (QED) is 0.0365. The van der Waals surface area contributed by atoms with Gasteiger partial charge in [-0.15, -0.1) is 0 Å². The summed E-state index contributed by atoms with van der Waals surface area (Å²) in [5.74, 6) is -23.9. The van der Waals surface area contributed by atoms with Crippen LogP contribution in [0.4, 0.5) is 43.9 Å². The van der Waals surface area contributed by atoms with Gasteiger partial charge in [0.15, 0.2) is 68.4 Å². The topological polar surface area (TPSA) is 124 Å². The number of halogens is 11. The highest BCUT2D eigenvalue weighted by Crippen LogP contribution is 2.33. The van der Waals surface area contributed by atoms with E-state index in [-0.39, 0.29) is 32.1 Å². The van der Waals surface area contributed by atoms with Gasteiger partial charge in [-0.3, -0.25) is 0 Å². The van der Waals surface area contributed by atoms with E-state index in [2.05, 4.69) is 140 Å². The summed E-state index contributed by atoms with van der Waals surface area (Å²) in [7, 11) is -11.7. The van der Waals surface area contributed by atoms with Crippen molar-refractivity contribution in [3.8, 4) is 11.5 Å². The van der Waals surface area contributed by atoms with Crippen molar-refractivity contribution < 1.29 is 95.8 Å². The average Bonchev–Trinajstić information content (AvgIpc) is 3.26. The van der Waals surface area contributed by atoms with E-state index in [1.165, 1.54) is 27.4 Å². The van der Waals surface area contributed by atoms with Crippen LogP contribution in [0.3, 0.4) is 0 Å². The van der Waals surface area contributed by atoms with E-state index in [4.69, 9.17) is 4.74 Å². The van der Waals surface area contributed by atoms with E-state index >= 15 is 0 Å². The van der Waals surface area contributed by atoms with E-state index in [9.17, 15) is 69.8 Å². The molecule has 0 aliphatic carbocycles. The maximum Gasteiger partial charge on any atom is 0.358 e. The molecular formula is C43H25F10IO7S3. The Morgan fingerprint density at radius 3 is 1.09 bits per heavy atom. The second-order valence-corrected chi connectivity index (χ2v) is 20.1. The molecule has 0 fully saturated rings. The molecule has 7 aromatic carbocycles. The molecule has 0 amide bonds. The van der Waals surface area contributed by atoms with Crippen molar-refractivity contribution in [2.45, 2.75) is 31.4 Å². The van der Waals surface area contributed by atoms with Gasteiger partial charge in [-0.05, 0) is 85.8 Å². The van der Waals surface area contributed by atoms with Gasteiger partial charge in [0, 0.05) is 5.56 Å². The number of rotatable bonds is 9. The lowest BCUT2D eigenvalue weighted by Crippen LogP contribution is -3.61. The molecule has 7 nitrogen and oxygen atoms in total. The second-order valence-electron chi connectivity index (χ2n) is 12.5. The molecule has 0 N–H and O–H groups in total. The Morgan fingerprint density at radius 2 is 0.734 bits per heavy atom. The number of aryl methyl sites for hydroxylation is 1. The monoisotopic (exact) mass is 1070 g/mol. The van der Waals surface area contributed by atoms with Gasteiger partial charge in [-0.1, -0.05) is 54.6 Å². The Labute approximate surface area is 372 Å². The minimum absolute atomic E-state index is 0.146. The van der Waals surface area contributed by atoms with Crippen molar-refractivity contribution in [1.29, 1.82) is 0 Å². The standard InChI is InChI=1S/C31H25IOS.2C6HF5O3S/c1-24-10-8-9-15-31(24)32-25-16-18-26(19-17-25)33-27-20-22-30(23-21-27)34(28-11-4-2-5-12-28)29-13-6-3-7-14-29;2*7-1-2(8)4(10)6(15(12,13)14)5(11)3(1)9/h2-23H,1H3;2*(H,12,13,14)/q+2;;/p-2. The third-order valence-corrected chi connectivity index (χ3v) is 15.3. The largest absolute Gasteiger partial charge is 0.744 e. The summed E-state index contributed by atoms with van der Waals surface area (Å²) in [5, 5.41) is 0.